The number of anilines is 3. The van der Waals surface area contributed by atoms with E-state index in [-0.39, 0.29) is 16.4 Å². The van der Waals surface area contributed by atoms with Crippen molar-refractivity contribution in [1.82, 2.24) is 14.3 Å². The molecule has 0 unspecified atom stereocenters. The molecule has 0 fully saturated rings. The van der Waals surface area contributed by atoms with Crippen LogP contribution in [0.15, 0.2) is 36.7 Å². The van der Waals surface area contributed by atoms with Gasteiger partial charge >= 0.3 is 12.1 Å². The zero-order valence-corrected chi connectivity index (χ0v) is 18.9. The minimum absolute atomic E-state index is 0.149. The molecule has 0 atom stereocenters. The van der Waals surface area contributed by atoms with Crippen LogP contribution < -0.4 is 10.6 Å². The van der Waals surface area contributed by atoms with Gasteiger partial charge in [-0.05, 0) is 63.5 Å². The molecule has 1 amide bonds. The van der Waals surface area contributed by atoms with Gasteiger partial charge in [-0.2, -0.15) is 17.5 Å². The van der Waals surface area contributed by atoms with Crippen LogP contribution in [-0.4, -0.2) is 31.8 Å². The predicted molar refractivity (Wildman–Crippen MR) is 117 cm³/mol. The molecule has 0 aliphatic heterocycles. The fourth-order valence-corrected chi connectivity index (χ4v) is 3.42. The summed E-state index contributed by atoms with van der Waals surface area (Å²) in [5.74, 6) is -1.20. The molecule has 3 aromatic rings. The molecule has 12 heteroatoms. The Hall–Kier alpha value is -3.54. The number of hydrogen-bond donors (Lipinski definition) is 2. The molecule has 3 rings (SSSR count). The number of carbonyl (C=O) groups is 2. The molecule has 174 valence electrons. The van der Waals surface area contributed by atoms with Crippen LogP contribution in [0.4, 0.5) is 29.7 Å². The Morgan fingerprint density at radius 1 is 1.06 bits per heavy atom. The summed E-state index contributed by atoms with van der Waals surface area (Å²) in [6.45, 7) is 6.87. The van der Waals surface area contributed by atoms with Crippen molar-refractivity contribution in [2.45, 2.75) is 39.5 Å². The molecule has 0 aliphatic rings. The maximum absolute atomic E-state index is 12.9. The second kappa shape index (κ2) is 9.14. The number of nitrogens with one attached hydrogen (secondary N) is 2. The van der Waals surface area contributed by atoms with Gasteiger partial charge in [-0.1, -0.05) is 0 Å². The lowest BCUT2D eigenvalue weighted by molar-refractivity contribution is -0.141. The molecule has 2 N–H and O–H groups in total. The van der Waals surface area contributed by atoms with Gasteiger partial charge in [0.05, 0.1) is 29.2 Å². The van der Waals surface area contributed by atoms with E-state index in [0.29, 0.717) is 23.1 Å². The van der Waals surface area contributed by atoms with Crippen LogP contribution in [0, 0.1) is 6.92 Å². The van der Waals surface area contributed by atoms with Crippen molar-refractivity contribution in [2.24, 2.45) is 0 Å². The van der Waals surface area contributed by atoms with E-state index in [1.54, 1.807) is 27.7 Å². The average molecular weight is 479 g/mol. The Morgan fingerprint density at radius 2 is 1.73 bits per heavy atom. The molecule has 0 spiro atoms. The number of carbonyl (C=O) groups excluding carboxylic acids is 2. The van der Waals surface area contributed by atoms with Crippen molar-refractivity contribution in [1.29, 1.82) is 0 Å². The molecule has 0 bridgehead atoms. The van der Waals surface area contributed by atoms with E-state index in [1.807, 2.05) is 0 Å². The lowest BCUT2D eigenvalue weighted by atomic mass is 10.1. The standard InChI is InChI=1S/C21H20F3N5O3S/c1-11-16(18(33-29-11)28-15-10-25-9-14(27-15)21(22,23)24)17(30)26-13-7-5-12(6-8-13)19(31)32-20(2,3)4/h5-10H,1-4H3,(H,26,30)(H,27,28). The van der Waals surface area contributed by atoms with E-state index in [4.69, 9.17) is 4.74 Å². The van der Waals surface area contributed by atoms with Crippen LogP contribution in [0.3, 0.4) is 0 Å². The summed E-state index contributed by atoms with van der Waals surface area (Å²) in [7, 11) is 0. The number of aromatic nitrogens is 3. The topological polar surface area (TPSA) is 106 Å². The highest BCUT2D eigenvalue weighted by molar-refractivity contribution is 7.10. The van der Waals surface area contributed by atoms with E-state index in [9.17, 15) is 22.8 Å². The van der Waals surface area contributed by atoms with Gasteiger partial charge < -0.3 is 15.4 Å². The number of esters is 1. The third-order valence-electron chi connectivity index (χ3n) is 4.03. The normalized spacial score (nSPS) is 11.7. The van der Waals surface area contributed by atoms with Gasteiger partial charge in [0, 0.05) is 5.69 Å². The van der Waals surface area contributed by atoms with Crippen LogP contribution in [0.1, 0.15) is 52.9 Å². The van der Waals surface area contributed by atoms with Crippen LogP contribution in [0.2, 0.25) is 0 Å². The molecule has 2 aromatic heterocycles. The fourth-order valence-electron chi connectivity index (χ4n) is 2.62. The van der Waals surface area contributed by atoms with Crippen LogP contribution in [-0.2, 0) is 10.9 Å². The molecule has 1 aromatic carbocycles. The Balaban J connectivity index is 1.76. The summed E-state index contributed by atoms with van der Waals surface area (Å²) >= 11 is 0.903. The number of nitrogens with zero attached hydrogens (tertiary/aromatic N) is 3. The van der Waals surface area contributed by atoms with Gasteiger partial charge in [-0.3, -0.25) is 9.78 Å². The highest BCUT2D eigenvalue weighted by Gasteiger charge is 2.33. The number of halogens is 3. The van der Waals surface area contributed by atoms with Gasteiger partial charge in [0.2, 0.25) is 0 Å². The summed E-state index contributed by atoms with van der Waals surface area (Å²) in [4.78, 5) is 32.0. The van der Waals surface area contributed by atoms with Gasteiger partial charge in [0.1, 0.15) is 16.4 Å². The summed E-state index contributed by atoms with van der Waals surface area (Å²) < 4.78 is 48.1. The minimum Gasteiger partial charge on any atom is -0.456 e. The van der Waals surface area contributed by atoms with E-state index in [1.165, 1.54) is 24.3 Å². The quantitative estimate of drug-likeness (QED) is 0.484. The number of amides is 1. The monoisotopic (exact) mass is 479 g/mol. The lowest BCUT2D eigenvalue weighted by Crippen LogP contribution is -2.23. The summed E-state index contributed by atoms with van der Waals surface area (Å²) in [5, 5.41) is 5.57. The van der Waals surface area contributed by atoms with Crippen LogP contribution in [0.5, 0.6) is 0 Å². The summed E-state index contributed by atoms with van der Waals surface area (Å²) in [6, 6.07) is 6.11. The first-order valence-corrected chi connectivity index (χ1v) is 10.4. The van der Waals surface area contributed by atoms with E-state index >= 15 is 0 Å². The highest BCUT2D eigenvalue weighted by Crippen LogP contribution is 2.31. The molecule has 0 saturated heterocycles. The van der Waals surface area contributed by atoms with Crippen molar-refractivity contribution in [3.8, 4) is 0 Å². The number of ether oxygens (including phenoxy) is 1. The minimum atomic E-state index is -4.65. The molecule has 33 heavy (non-hydrogen) atoms. The molecule has 8 nitrogen and oxygen atoms in total. The van der Waals surface area contributed by atoms with Crippen LogP contribution in [0.25, 0.3) is 0 Å². The first-order chi connectivity index (χ1) is 15.3. The van der Waals surface area contributed by atoms with Gasteiger partial charge in [-0.25, -0.2) is 9.78 Å². The van der Waals surface area contributed by atoms with Crippen molar-refractivity contribution < 1.29 is 27.5 Å². The van der Waals surface area contributed by atoms with Crippen LogP contribution >= 0.6 is 11.5 Å². The van der Waals surface area contributed by atoms with Crippen molar-refractivity contribution >= 4 is 39.9 Å². The third-order valence-corrected chi connectivity index (χ3v) is 4.89. The second-order valence-electron chi connectivity index (χ2n) is 7.92. The Bertz CT molecular complexity index is 1170. The largest absolute Gasteiger partial charge is 0.456 e. The summed E-state index contributed by atoms with van der Waals surface area (Å²) in [5.41, 5.74) is -0.545. The fraction of sp³-hybridized carbons (Fsp3) is 0.286. The number of benzene rings is 1. The van der Waals surface area contributed by atoms with E-state index in [0.717, 1.165) is 17.7 Å². The smallest absolute Gasteiger partial charge is 0.434 e. The van der Waals surface area contributed by atoms with Crippen molar-refractivity contribution in [2.75, 3.05) is 10.6 Å². The molecular weight excluding hydrogens is 459 g/mol. The molecule has 2 heterocycles. The summed E-state index contributed by atoms with van der Waals surface area (Å²) in [6.07, 6.45) is -2.93. The predicted octanol–water partition coefficient (Wildman–Crippen LogP) is 5.21. The Morgan fingerprint density at radius 3 is 2.33 bits per heavy atom. The third kappa shape index (κ3) is 6.25. The zero-order valence-electron chi connectivity index (χ0n) is 18.1. The maximum atomic E-state index is 12.9. The Kier molecular flexibility index (Phi) is 6.68. The van der Waals surface area contributed by atoms with Gasteiger partial charge in [-0.15, -0.1) is 0 Å². The number of alkyl halides is 3. The SMILES string of the molecule is Cc1nsc(Nc2cncc(C(F)(F)F)n2)c1C(=O)Nc1ccc(C(=O)OC(C)(C)C)cc1. The Labute approximate surface area is 191 Å². The molecule has 0 aliphatic carbocycles. The average Bonchev–Trinajstić information content (AvgIpc) is 3.07. The number of rotatable bonds is 5. The number of hydrogen-bond acceptors (Lipinski definition) is 8. The molecule has 0 radical (unpaired) electrons. The first-order valence-electron chi connectivity index (χ1n) is 9.61. The number of aryl methyl sites for hydroxylation is 1. The van der Waals surface area contributed by atoms with Gasteiger partial charge in [0.15, 0.2) is 5.69 Å². The van der Waals surface area contributed by atoms with E-state index < -0.39 is 29.3 Å². The first kappa shape index (κ1) is 24.1. The van der Waals surface area contributed by atoms with E-state index in [2.05, 4.69) is 25.0 Å². The maximum Gasteiger partial charge on any atom is 0.434 e. The highest BCUT2D eigenvalue weighted by atomic mass is 32.1. The van der Waals surface area contributed by atoms with Gasteiger partial charge in [0.25, 0.3) is 5.91 Å². The van der Waals surface area contributed by atoms with Crippen molar-refractivity contribution in [3.05, 3.63) is 59.2 Å². The molecule has 0 saturated carbocycles. The van der Waals surface area contributed by atoms with Crippen molar-refractivity contribution in [3.63, 3.8) is 0 Å². The second-order valence-corrected chi connectivity index (χ2v) is 8.69. The lowest BCUT2D eigenvalue weighted by Gasteiger charge is -2.19. The molecular formula is C21H20F3N5O3S. The zero-order chi connectivity index (χ0) is 24.4.